The zero-order chi connectivity index (χ0) is 33.4. The van der Waals surface area contributed by atoms with Crippen LogP contribution in [0.4, 0.5) is 5.69 Å². The van der Waals surface area contributed by atoms with Crippen molar-refractivity contribution in [2.75, 3.05) is 17.4 Å². The maximum absolute atomic E-state index is 14.6. The van der Waals surface area contributed by atoms with E-state index in [1.165, 1.54) is 17.0 Å². The van der Waals surface area contributed by atoms with E-state index in [1.54, 1.807) is 30.3 Å². The number of carbonyl (C=O) groups excluding carboxylic acids is 2. The highest BCUT2D eigenvalue weighted by Gasteiger charge is 2.35. The van der Waals surface area contributed by atoms with Crippen molar-refractivity contribution in [3.63, 3.8) is 0 Å². The lowest BCUT2D eigenvalue weighted by Gasteiger charge is -2.34. The molecule has 4 aromatic rings. The zero-order valence-electron chi connectivity index (χ0n) is 27.0. The van der Waals surface area contributed by atoms with Gasteiger partial charge >= 0.3 is 0 Å². The van der Waals surface area contributed by atoms with E-state index < -0.39 is 28.5 Å². The lowest BCUT2D eigenvalue weighted by Crippen LogP contribution is -2.53. The number of halogens is 1. The predicted molar refractivity (Wildman–Crippen MR) is 185 cm³/mol. The molecule has 0 radical (unpaired) electrons. The van der Waals surface area contributed by atoms with Crippen LogP contribution in [-0.4, -0.2) is 44.3 Å². The number of sulfonamides is 1. The molecule has 0 aliphatic carbocycles. The standard InChI is InChI=1S/C37H42ClN3O4S/c1-26(2)23-39-37(43)35(21-30-12-7-6-8-13-30)40(24-31-14-10-9-11-28(31)4)36(42)25-41(32-18-17-29(5)34(38)22-32)46(44,45)33-19-15-27(3)16-20-33/h6-20,22,26,35H,21,23-25H2,1-5H3,(H,39,43)/t35-/m0/s1. The Balaban J connectivity index is 1.82. The van der Waals surface area contributed by atoms with Crippen LogP contribution in [0.3, 0.4) is 0 Å². The number of hydrogen-bond acceptors (Lipinski definition) is 4. The van der Waals surface area contributed by atoms with E-state index >= 15 is 0 Å². The number of amides is 2. The van der Waals surface area contributed by atoms with Gasteiger partial charge in [-0.3, -0.25) is 13.9 Å². The van der Waals surface area contributed by atoms with Gasteiger partial charge in [-0.25, -0.2) is 8.42 Å². The Morgan fingerprint density at radius 3 is 2.11 bits per heavy atom. The van der Waals surface area contributed by atoms with Gasteiger partial charge in [0.15, 0.2) is 0 Å². The van der Waals surface area contributed by atoms with Crippen molar-refractivity contribution >= 4 is 39.1 Å². The van der Waals surface area contributed by atoms with Crippen LogP contribution in [-0.2, 0) is 32.6 Å². The molecule has 1 atom stereocenters. The van der Waals surface area contributed by atoms with Crippen LogP contribution in [0.5, 0.6) is 0 Å². The molecule has 2 amide bonds. The summed E-state index contributed by atoms with van der Waals surface area (Å²) in [6.45, 7) is 9.67. The topological polar surface area (TPSA) is 86.8 Å². The fourth-order valence-electron chi connectivity index (χ4n) is 5.05. The molecule has 4 aromatic carbocycles. The first-order valence-electron chi connectivity index (χ1n) is 15.4. The third kappa shape index (κ3) is 8.77. The van der Waals surface area contributed by atoms with Crippen molar-refractivity contribution in [2.45, 2.75) is 58.5 Å². The number of carbonyl (C=O) groups is 2. The highest BCUT2D eigenvalue weighted by atomic mass is 35.5. The van der Waals surface area contributed by atoms with E-state index in [9.17, 15) is 18.0 Å². The molecule has 4 rings (SSSR count). The Hall–Kier alpha value is -4.14. The third-order valence-electron chi connectivity index (χ3n) is 7.89. The first-order valence-corrected chi connectivity index (χ1v) is 17.2. The largest absolute Gasteiger partial charge is 0.354 e. The summed E-state index contributed by atoms with van der Waals surface area (Å²) >= 11 is 6.47. The SMILES string of the molecule is Cc1ccc(S(=O)(=O)N(CC(=O)N(Cc2ccccc2C)[C@@H](Cc2ccccc2)C(=O)NCC(C)C)c2ccc(C)c(Cl)c2)cc1. The highest BCUT2D eigenvalue weighted by Crippen LogP contribution is 2.29. The molecule has 0 saturated heterocycles. The second-order valence-corrected chi connectivity index (χ2v) is 14.3. The smallest absolute Gasteiger partial charge is 0.264 e. The summed E-state index contributed by atoms with van der Waals surface area (Å²) in [7, 11) is -4.21. The normalized spacial score (nSPS) is 12.1. The van der Waals surface area contributed by atoms with Crippen LogP contribution in [0, 0.1) is 26.7 Å². The van der Waals surface area contributed by atoms with E-state index in [1.807, 2.05) is 89.2 Å². The molecule has 9 heteroatoms. The van der Waals surface area contributed by atoms with Crippen molar-refractivity contribution < 1.29 is 18.0 Å². The minimum Gasteiger partial charge on any atom is -0.354 e. The van der Waals surface area contributed by atoms with Gasteiger partial charge < -0.3 is 10.2 Å². The second-order valence-electron chi connectivity index (χ2n) is 12.1. The predicted octanol–water partition coefficient (Wildman–Crippen LogP) is 6.87. The van der Waals surface area contributed by atoms with Crippen LogP contribution in [0.2, 0.25) is 5.02 Å². The molecule has 7 nitrogen and oxygen atoms in total. The molecule has 0 fully saturated rings. The fraction of sp³-hybridized carbons (Fsp3) is 0.297. The molecule has 0 aromatic heterocycles. The third-order valence-corrected chi connectivity index (χ3v) is 10.1. The van der Waals surface area contributed by atoms with Crippen molar-refractivity contribution in [3.8, 4) is 0 Å². The number of nitrogens with zero attached hydrogens (tertiary/aromatic N) is 2. The summed E-state index contributed by atoms with van der Waals surface area (Å²) in [5.41, 5.74) is 4.62. The maximum atomic E-state index is 14.6. The quantitative estimate of drug-likeness (QED) is 0.170. The molecule has 0 aliphatic heterocycles. The van der Waals surface area contributed by atoms with Gasteiger partial charge in [0.1, 0.15) is 12.6 Å². The highest BCUT2D eigenvalue weighted by molar-refractivity contribution is 7.92. The number of rotatable bonds is 13. The van der Waals surface area contributed by atoms with Crippen molar-refractivity contribution in [1.82, 2.24) is 10.2 Å². The van der Waals surface area contributed by atoms with Crippen molar-refractivity contribution in [1.29, 1.82) is 0 Å². The van der Waals surface area contributed by atoms with E-state index in [4.69, 9.17) is 11.6 Å². The Kier molecular flexibility index (Phi) is 11.7. The Labute approximate surface area is 278 Å². The van der Waals surface area contributed by atoms with Crippen LogP contribution in [0.15, 0.2) is 102 Å². The Morgan fingerprint density at radius 2 is 1.48 bits per heavy atom. The summed E-state index contributed by atoms with van der Waals surface area (Å²) in [4.78, 5) is 30.1. The lowest BCUT2D eigenvalue weighted by atomic mass is 10.0. The van der Waals surface area contributed by atoms with Gasteiger partial charge in [0.25, 0.3) is 10.0 Å². The van der Waals surface area contributed by atoms with E-state index in [0.29, 0.717) is 11.6 Å². The Morgan fingerprint density at radius 1 is 0.826 bits per heavy atom. The fourth-order valence-corrected chi connectivity index (χ4v) is 6.63. The minimum atomic E-state index is -4.21. The minimum absolute atomic E-state index is 0.0450. The van der Waals surface area contributed by atoms with Crippen molar-refractivity contribution in [3.05, 3.63) is 130 Å². The molecule has 0 aliphatic rings. The first-order chi connectivity index (χ1) is 21.9. The molecule has 0 heterocycles. The summed E-state index contributed by atoms with van der Waals surface area (Å²) in [6, 6.07) is 27.7. The number of anilines is 1. The monoisotopic (exact) mass is 659 g/mol. The van der Waals surface area contributed by atoms with E-state index in [-0.39, 0.29) is 35.4 Å². The summed E-state index contributed by atoms with van der Waals surface area (Å²) in [5, 5.41) is 3.39. The molecule has 0 bridgehead atoms. The molecular formula is C37H42ClN3O4S. The number of benzene rings is 4. The second kappa shape index (κ2) is 15.4. The lowest BCUT2D eigenvalue weighted by molar-refractivity contribution is -0.140. The number of hydrogen-bond donors (Lipinski definition) is 1. The Bertz CT molecular complexity index is 1760. The van der Waals surface area contributed by atoms with Crippen LogP contribution < -0.4 is 9.62 Å². The van der Waals surface area contributed by atoms with Crippen LogP contribution >= 0.6 is 11.6 Å². The number of nitrogens with one attached hydrogen (secondary N) is 1. The van der Waals surface area contributed by atoms with Gasteiger partial charge in [-0.2, -0.15) is 0 Å². The van der Waals surface area contributed by atoms with Gasteiger partial charge in [-0.15, -0.1) is 0 Å². The molecule has 0 saturated carbocycles. The van der Waals surface area contributed by atoms with Crippen molar-refractivity contribution in [2.24, 2.45) is 5.92 Å². The van der Waals surface area contributed by atoms with Crippen LogP contribution in [0.25, 0.3) is 0 Å². The zero-order valence-corrected chi connectivity index (χ0v) is 28.6. The van der Waals surface area contributed by atoms with Gasteiger partial charge in [-0.05, 0) is 73.2 Å². The molecule has 242 valence electrons. The van der Waals surface area contributed by atoms with Gasteiger partial charge in [0.05, 0.1) is 10.6 Å². The van der Waals surface area contributed by atoms with Gasteiger partial charge in [-0.1, -0.05) is 104 Å². The van der Waals surface area contributed by atoms with E-state index in [0.717, 1.165) is 32.1 Å². The summed E-state index contributed by atoms with van der Waals surface area (Å²) in [6.07, 6.45) is 0.253. The van der Waals surface area contributed by atoms with Gasteiger partial charge in [0, 0.05) is 24.5 Å². The average molecular weight is 660 g/mol. The molecular weight excluding hydrogens is 618 g/mol. The number of aryl methyl sites for hydroxylation is 3. The van der Waals surface area contributed by atoms with E-state index in [2.05, 4.69) is 5.32 Å². The molecule has 46 heavy (non-hydrogen) atoms. The average Bonchev–Trinajstić information content (AvgIpc) is 3.03. The summed E-state index contributed by atoms with van der Waals surface area (Å²) < 4.78 is 29.5. The maximum Gasteiger partial charge on any atom is 0.264 e. The van der Waals surface area contributed by atoms with Crippen LogP contribution in [0.1, 0.15) is 41.7 Å². The molecule has 0 spiro atoms. The van der Waals surface area contributed by atoms with Gasteiger partial charge in [0.2, 0.25) is 11.8 Å². The summed E-state index contributed by atoms with van der Waals surface area (Å²) in [5.74, 6) is -0.620. The molecule has 0 unspecified atom stereocenters. The molecule has 1 N–H and O–H groups in total. The first kappa shape index (κ1) is 34.7.